The Labute approximate surface area is 184 Å². The van der Waals surface area contributed by atoms with Gasteiger partial charge in [0, 0.05) is 10.3 Å². The van der Waals surface area contributed by atoms with Gasteiger partial charge in [0.2, 0.25) is 0 Å². The van der Waals surface area contributed by atoms with Crippen molar-refractivity contribution in [2.45, 2.75) is 25.2 Å². The lowest BCUT2D eigenvalue weighted by Gasteiger charge is -2.56. The fourth-order valence-electron chi connectivity index (χ4n) is 5.28. The lowest BCUT2D eigenvalue weighted by molar-refractivity contribution is -0.140. The number of methoxy groups -OCH3 is 2. The minimum Gasteiger partial charge on any atom is -0.466 e. The van der Waals surface area contributed by atoms with Crippen LogP contribution in [0.4, 0.5) is 0 Å². The molecule has 5 heteroatoms. The molecule has 150 valence electrons. The Balaban J connectivity index is 2.27. The smallest absolute Gasteiger partial charge is 0.335 e. The van der Waals surface area contributed by atoms with Crippen LogP contribution in [0.3, 0.4) is 0 Å². The van der Waals surface area contributed by atoms with Gasteiger partial charge < -0.3 is 9.47 Å². The third kappa shape index (κ3) is 2.43. The van der Waals surface area contributed by atoms with Crippen molar-refractivity contribution >= 4 is 34.5 Å². The average molecular weight is 502 g/mol. The minimum absolute atomic E-state index is 0.351. The van der Waals surface area contributed by atoms with Crippen molar-refractivity contribution in [2.75, 3.05) is 18.6 Å². The van der Waals surface area contributed by atoms with E-state index in [9.17, 15) is 9.59 Å². The van der Waals surface area contributed by atoms with E-state index in [0.29, 0.717) is 11.1 Å². The summed E-state index contributed by atoms with van der Waals surface area (Å²) in [7, 11) is 2.73. The molecular formula is C24H23IO4. The molecular weight excluding hydrogens is 479 g/mol. The fraction of sp³-hybridized carbons (Fsp3) is 0.333. The summed E-state index contributed by atoms with van der Waals surface area (Å²) in [6.45, 7) is 4.30. The van der Waals surface area contributed by atoms with Gasteiger partial charge in [-0.1, -0.05) is 85.0 Å². The molecule has 4 nitrogen and oxygen atoms in total. The van der Waals surface area contributed by atoms with Crippen molar-refractivity contribution in [3.05, 3.63) is 81.9 Å². The SMILES string of the molecule is COC(=O)C1=C(C(=O)OC)C2(C(C)(C)CI)c3ccccc3C1c1ccccc12. The van der Waals surface area contributed by atoms with Crippen LogP contribution in [-0.2, 0) is 24.5 Å². The zero-order chi connectivity index (χ0) is 21.0. The number of benzene rings is 2. The number of esters is 2. The van der Waals surface area contributed by atoms with Gasteiger partial charge >= 0.3 is 11.9 Å². The summed E-state index contributed by atoms with van der Waals surface area (Å²) in [4.78, 5) is 26.4. The fourth-order valence-corrected chi connectivity index (χ4v) is 5.85. The number of hydrogen-bond donors (Lipinski definition) is 0. The van der Waals surface area contributed by atoms with Crippen molar-refractivity contribution in [1.29, 1.82) is 0 Å². The summed E-state index contributed by atoms with van der Waals surface area (Å²) in [5, 5.41) is 0. The van der Waals surface area contributed by atoms with Gasteiger partial charge in [-0.3, -0.25) is 0 Å². The molecule has 3 aliphatic rings. The number of halogens is 1. The standard InChI is InChI=1S/C24H23IO4/c1-23(2,13-25)24-16-11-7-5-9-14(16)18(15-10-6-8-12-17(15)24)19(21(26)28-3)20(24)22(27)29-4/h5-12,18H,13H2,1-4H3. The van der Waals surface area contributed by atoms with Crippen LogP contribution in [0, 0.1) is 5.41 Å². The molecule has 0 amide bonds. The monoisotopic (exact) mass is 502 g/mol. The average Bonchev–Trinajstić information content (AvgIpc) is 2.77. The Morgan fingerprint density at radius 3 is 1.86 bits per heavy atom. The normalized spacial score (nSPS) is 22.0. The Hall–Kier alpha value is -2.15. The molecule has 0 fully saturated rings. The van der Waals surface area contributed by atoms with Crippen LogP contribution in [-0.4, -0.2) is 30.6 Å². The van der Waals surface area contributed by atoms with Crippen molar-refractivity contribution in [3.8, 4) is 0 Å². The largest absolute Gasteiger partial charge is 0.466 e. The first-order chi connectivity index (χ1) is 13.9. The highest BCUT2D eigenvalue weighted by atomic mass is 127. The number of rotatable bonds is 4. The molecule has 2 bridgehead atoms. The third-order valence-corrected chi connectivity index (χ3v) is 8.34. The second kappa shape index (κ2) is 6.97. The third-order valence-electron chi connectivity index (χ3n) is 6.43. The molecule has 0 heterocycles. The number of carbonyl (C=O) groups excluding carboxylic acids is 2. The van der Waals surface area contributed by atoms with E-state index in [0.717, 1.165) is 26.7 Å². The molecule has 0 saturated carbocycles. The summed E-state index contributed by atoms with van der Waals surface area (Å²) < 4.78 is 11.2. The molecule has 0 atom stereocenters. The molecule has 5 rings (SSSR count). The number of ether oxygens (including phenoxy) is 2. The number of alkyl halides is 1. The van der Waals surface area contributed by atoms with Gasteiger partial charge in [0.25, 0.3) is 0 Å². The van der Waals surface area contributed by atoms with E-state index in [1.54, 1.807) is 0 Å². The maximum Gasteiger partial charge on any atom is 0.335 e. The molecule has 0 unspecified atom stereocenters. The van der Waals surface area contributed by atoms with Crippen molar-refractivity contribution in [2.24, 2.45) is 5.41 Å². The van der Waals surface area contributed by atoms with Crippen LogP contribution in [0.1, 0.15) is 42.0 Å². The quantitative estimate of drug-likeness (QED) is 0.350. The highest BCUT2D eigenvalue weighted by molar-refractivity contribution is 14.1. The first-order valence-electron chi connectivity index (χ1n) is 9.52. The van der Waals surface area contributed by atoms with E-state index in [4.69, 9.17) is 9.47 Å². The minimum atomic E-state index is -0.813. The summed E-state index contributed by atoms with van der Waals surface area (Å²) in [6, 6.07) is 16.3. The van der Waals surface area contributed by atoms with Crippen LogP contribution < -0.4 is 0 Å². The first kappa shape index (κ1) is 20.1. The Morgan fingerprint density at radius 1 is 0.931 bits per heavy atom. The van der Waals surface area contributed by atoms with Gasteiger partial charge in [0.05, 0.1) is 30.8 Å². The van der Waals surface area contributed by atoms with E-state index in [1.807, 2.05) is 24.3 Å². The number of carbonyl (C=O) groups is 2. The molecule has 2 aromatic rings. The molecule has 0 N–H and O–H groups in total. The molecule has 3 aliphatic carbocycles. The zero-order valence-electron chi connectivity index (χ0n) is 16.9. The van der Waals surface area contributed by atoms with Crippen LogP contribution in [0.15, 0.2) is 59.7 Å². The lowest BCUT2D eigenvalue weighted by atomic mass is 9.45. The Bertz CT molecular complexity index is 1000. The van der Waals surface area contributed by atoms with Gasteiger partial charge in [-0.15, -0.1) is 0 Å². The van der Waals surface area contributed by atoms with Crippen LogP contribution in [0.25, 0.3) is 0 Å². The number of hydrogen-bond acceptors (Lipinski definition) is 4. The van der Waals surface area contributed by atoms with Crippen LogP contribution in [0.2, 0.25) is 0 Å². The predicted octanol–water partition coefficient (Wildman–Crippen LogP) is 4.54. The second-order valence-corrected chi connectivity index (χ2v) is 8.91. The predicted molar refractivity (Wildman–Crippen MR) is 119 cm³/mol. The molecule has 0 spiro atoms. The van der Waals surface area contributed by atoms with Crippen molar-refractivity contribution in [3.63, 3.8) is 0 Å². The summed E-state index contributed by atoms with van der Waals surface area (Å²) in [5.41, 5.74) is 3.86. The Kier molecular flexibility index (Phi) is 4.84. The van der Waals surface area contributed by atoms with E-state index in [-0.39, 0.29) is 11.3 Å². The first-order valence-corrected chi connectivity index (χ1v) is 11.1. The second-order valence-electron chi connectivity index (χ2n) is 8.15. The van der Waals surface area contributed by atoms with Crippen LogP contribution >= 0.6 is 22.6 Å². The molecule has 2 aromatic carbocycles. The van der Waals surface area contributed by atoms with Gasteiger partial charge in [-0.2, -0.15) is 0 Å². The highest BCUT2D eigenvalue weighted by Crippen LogP contribution is 2.65. The van der Waals surface area contributed by atoms with E-state index in [2.05, 4.69) is 60.7 Å². The summed E-state index contributed by atoms with van der Waals surface area (Å²) in [5.74, 6) is -1.30. The van der Waals surface area contributed by atoms with E-state index < -0.39 is 17.4 Å². The Morgan fingerprint density at radius 2 is 1.41 bits per heavy atom. The van der Waals surface area contributed by atoms with Crippen molar-refractivity contribution < 1.29 is 19.1 Å². The molecule has 29 heavy (non-hydrogen) atoms. The van der Waals surface area contributed by atoms with E-state index in [1.165, 1.54) is 14.2 Å². The molecule has 0 radical (unpaired) electrons. The highest BCUT2D eigenvalue weighted by Gasteiger charge is 2.62. The van der Waals surface area contributed by atoms with Crippen LogP contribution in [0.5, 0.6) is 0 Å². The van der Waals surface area contributed by atoms with Gasteiger partial charge in [0.15, 0.2) is 0 Å². The lowest BCUT2D eigenvalue weighted by Crippen LogP contribution is -2.55. The van der Waals surface area contributed by atoms with Crippen molar-refractivity contribution in [1.82, 2.24) is 0 Å². The molecule has 0 aliphatic heterocycles. The maximum absolute atomic E-state index is 13.3. The van der Waals surface area contributed by atoms with Gasteiger partial charge in [0.1, 0.15) is 0 Å². The summed E-state index contributed by atoms with van der Waals surface area (Å²) >= 11 is 2.37. The zero-order valence-corrected chi connectivity index (χ0v) is 19.1. The molecule has 0 saturated heterocycles. The topological polar surface area (TPSA) is 52.6 Å². The molecule has 0 aromatic heterocycles. The van der Waals surface area contributed by atoms with Gasteiger partial charge in [-0.05, 0) is 27.7 Å². The summed E-state index contributed by atoms with van der Waals surface area (Å²) in [6.07, 6.45) is 0. The maximum atomic E-state index is 13.3. The van der Waals surface area contributed by atoms with Gasteiger partial charge in [-0.25, -0.2) is 9.59 Å². The van der Waals surface area contributed by atoms with E-state index >= 15 is 0 Å².